The summed E-state index contributed by atoms with van der Waals surface area (Å²) in [7, 11) is 0. The van der Waals surface area contributed by atoms with Crippen molar-refractivity contribution in [3.63, 3.8) is 0 Å². The molecule has 0 aromatic carbocycles. The number of nitrogens with two attached hydrogens (primary N) is 1. The molecule has 0 saturated heterocycles. The summed E-state index contributed by atoms with van der Waals surface area (Å²) in [5, 5.41) is 2.45. The zero-order chi connectivity index (χ0) is 18.6. The molecule has 0 fully saturated rings. The van der Waals surface area contributed by atoms with Crippen molar-refractivity contribution >= 4 is 23.7 Å². The molecule has 2 aliphatic rings. The van der Waals surface area contributed by atoms with Crippen LogP contribution in [0.2, 0.25) is 0 Å². The van der Waals surface area contributed by atoms with Gasteiger partial charge in [0.2, 0.25) is 11.9 Å². The van der Waals surface area contributed by atoms with Crippen LogP contribution >= 0.6 is 0 Å². The van der Waals surface area contributed by atoms with E-state index in [1.807, 2.05) is 0 Å². The van der Waals surface area contributed by atoms with Gasteiger partial charge in [0.25, 0.3) is 5.91 Å². The zero-order valence-corrected chi connectivity index (χ0v) is 14.3. The number of carbonyl (C=O) groups is 3. The van der Waals surface area contributed by atoms with Gasteiger partial charge in [-0.25, -0.2) is 4.98 Å². The largest absolute Gasteiger partial charge is 0.441 e. The molecule has 2 aliphatic carbocycles. The fraction of sp³-hybridized carbons (Fsp3) is 0.294. The van der Waals surface area contributed by atoms with E-state index in [0.29, 0.717) is 6.42 Å². The molecule has 2 amide bonds. The van der Waals surface area contributed by atoms with E-state index >= 15 is 0 Å². The van der Waals surface area contributed by atoms with E-state index in [1.54, 1.807) is 6.92 Å². The van der Waals surface area contributed by atoms with Crippen molar-refractivity contribution in [2.75, 3.05) is 5.32 Å². The highest BCUT2D eigenvalue weighted by molar-refractivity contribution is 5.92. The molecular formula is C17H20N4O4. The maximum Gasteiger partial charge on any atom is 0.304 e. The summed E-state index contributed by atoms with van der Waals surface area (Å²) in [6.45, 7) is 4.36. The lowest BCUT2D eigenvalue weighted by Crippen LogP contribution is -2.19. The van der Waals surface area contributed by atoms with Crippen LogP contribution in [0.5, 0.6) is 0 Å². The standard InChI is InChI=1S/C11H16N4O4.C6H4/c1-4-9(19-7(3)17)15-5-8(10(12)18)14-11(15)13-6(2)16;1-2-5-4-6(5)3-1/h5,9H,4H2,1-3H3,(H2,12,18)(H,13,14,16);1-4H. The summed E-state index contributed by atoms with van der Waals surface area (Å²) in [5.74, 6) is -1.46. The van der Waals surface area contributed by atoms with Gasteiger partial charge in [-0.05, 0) is 17.2 Å². The van der Waals surface area contributed by atoms with Crippen molar-refractivity contribution < 1.29 is 19.1 Å². The molecule has 1 unspecified atom stereocenters. The number of amides is 2. The Bertz CT molecular complexity index is 795. The second kappa shape index (κ2) is 7.61. The Balaban J connectivity index is 0.000000306. The van der Waals surface area contributed by atoms with E-state index in [2.05, 4.69) is 34.6 Å². The highest BCUT2D eigenvalue weighted by Gasteiger charge is 2.20. The number of rotatable bonds is 5. The molecular weight excluding hydrogens is 324 g/mol. The number of imidazole rings is 1. The summed E-state index contributed by atoms with van der Waals surface area (Å²) in [6.07, 6.45) is 1.12. The highest BCUT2D eigenvalue weighted by atomic mass is 16.6. The lowest BCUT2D eigenvalue weighted by Gasteiger charge is -2.18. The molecule has 3 N–H and O–H groups in total. The zero-order valence-electron chi connectivity index (χ0n) is 14.3. The lowest BCUT2D eigenvalue weighted by molar-refractivity contribution is -0.151. The van der Waals surface area contributed by atoms with Gasteiger partial charge >= 0.3 is 5.97 Å². The number of aromatic nitrogens is 2. The molecule has 0 bridgehead atoms. The molecule has 1 aromatic rings. The van der Waals surface area contributed by atoms with E-state index in [0.717, 1.165) is 0 Å². The highest BCUT2D eigenvalue weighted by Crippen LogP contribution is 2.32. The first kappa shape index (κ1) is 18.2. The predicted molar refractivity (Wildman–Crippen MR) is 91.6 cm³/mol. The Morgan fingerprint density at radius 3 is 2.28 bits per heavy atom. The Kier molecular flexibility index (Phi) is 5.53. The number of benzene rings is 1. The average Bonchev–Trinajstić information content (AvgIpc) is 2.94. The Morgan fingerprint density at radius 2 is 1.92 bits per heavy atom. The van der Waals surface area contributed by atoms with Crippen LogP contribution in [0.3, 0.4) is 0 Å². The van der Waals surface area contributed by atoms with Crippen molar-refractivity contribution in [2.45, 2.75) is 33.4 Å². The number of anilines is 1. The number of fused-ring (bicyclic) bond motifs is 1. The molecule has 0 radical (unpaired) electrons. The summed E-state index contributed by atoms with van der Waals surface area (Å²) >= 11 is 0. The van der Waals surface area contributed by atoms with Crippen molar-refractivity contribution in [3.8, 4) is 11.1 Å². The average molecular weight is 344 g/mol. The van der Waals surface area contributed by atoms with Crippen LogP contribution in [0.4, 0.5) is 5.95 Å². The molecule has 0 saturated carbocycles. The third-order valence-corrected chi connectivity index (χ3v) is 3.35. The van der Waals surface area contributed by atoms with E-state index in [-0.39, 0.29) is 17.5 Å². The molecule has 1 atom stereocenters. The molecule has 1 aromatic heterocycles. The minimum Gasteiger partial charge on any atom is -0.441 e. The topological polar surface area (TPSA) is 116 Å². The van der Waals surface area contributed by atoms with Crippen LogP contribution in [0.15, 0.2) is 30.5 Å². The lowest BCUT2D eigenvalue weighted by atomic mass is 10.4. The second-order valence-corrected chi connectivity index (χ2v) is 5.46. The summed E-state index contributed by atoms with van der Waals surface area (Å²) in [6, 6.07) is 8.48. The number of hydrogen-bond donors (Lipinski definition) is 2. The molecule has 8 heteroatoms. The first-order valence-corrected chi connectivity index (χ1v) is 7.75. The van der Waals surface area contributed by atoms with Gasteiger partial charge in [0, 0.05) is 26.5 Å². The molecule has 0 spiro atoms. The fourth-order valence-electron chi connectivity index (χ4n) is 2.19. The van der Waals surface area contributed by atoms with Gasteiger partial charge in [-0.3, -0.25) is 24.3 Å². The number of primary amides is 1. The Hall–Kier alpha value is -3.16. The van der Waals surface area contributed by atoms with E-state index in [1.165, 1.54) is 35.7 Å². The van der Waals surface area contributed by atoms with E-state index in [4.69, 9.17) is 10.5 Å². The third kappa shape index (κ3) is 4.90. The predicted octanol–water partition coefficient (Wildman–Crippen LogP) is 2.08. The number of hydrogen-bond acceptors (Lipinski definition) is 5. The molecule has 0 aliphatic heterocycles. The van der Waals surface area contributed by atoms with Crippen molar-refractivity contribution in [1.29, 1.82) is 0 Å². The molecule has 8 nitrogen and oxygen atoms in total. The summed E-state index contributed by atoms with van der Waals surface area (Å²) in [4.78, 5) is 37.1. The quantitative estimate of drug-likeness (QED) is 0.687. The molecule has 25 heavy (non-hydrogen) atoms. The van der Waals surface area contributed by atoms with Crippen LogP contribution < -0.4 is 11.1 Å². The van der Waals surface area contributed by atoms with E-state index in [9.17, 15) is 14.4 Å². The summed E-state index contributed by atoms with van der Waals surface area (Å²) < 4.78 is 6.47. The van der Waals surface area contributed by atoms with Gasteiger partial charge in [-0.1, -0.05) is 25.1 Å². The number of nitrogens with one attached hydrogen (secondary N) is 1. The van der Waals surface area contributed by atoms with Crippen molar-refractivity contribution in [2.24, 2.45) is 5.73 Å². The fourth-order valence-corrected chi connectivity index (χ4v) is 2.19. The van der Waals surface area contributed by atoms with Gasteiger partial charge < -0.3 is 10.5 Å². The molecule has 3 rings (SSSR count). The number of ether oxygens (including phenoxy) is 1. The van der Waals surface area contributed by atoms with Gasteiger partial charge in [0.1, 0.15) is 5.69 Å². The van der Waals surface area contributed by atoms with Gasteiger partial charge in [-0.2, -0.15) is 0 Å². The van der Waals surface area contributed by atoms with Crippen LogP contribution in [0, 0.1) is 0 Å². The number of esters is 1. The SMILES string of the molecule is CCC(OC(C)=O)n1cc(C(N)=O)nc1NC(C)=O.c1cc2cc-2c1. The van der Waals surface area contributed by atoms with Gasteiger partial charge in [0.05, 0.1) is 0 Å². The van der Waals surface area contributed by atoms with E-state index < -0.39 is 18.1 Å². The third-order valence-electron chi connectivity index (χ3n) is 3.35. The first-order chi connectivity index (χ1) is 11.8. The van der Waals surface area contributed by atoms with Gasteiger partial charge in [-0.15, -0.1) is 0 Å². The van der Waals surface area contributed by atoms with Crippen LogP contribution in [-0.4, -0.2) is 27.3 Å². The minimum absolute atomic E-state index is 0.0191. The minimum atomic E-state index is -0.733. The van der Waals surface area contributed by atoms with Gasteiger partial charge in [0.15, 0.2) is 6.23 Å². The monoisotopic (exact) mass is 344 g/mol. The normalized spacial score (nSPS) is 11.6. The summed E-state index contributed by atoms with van der Waals surface area (Å²) in [5.41, 5.74) is 7.97. The van der Waals surface area contributed by atoms with Crippen LogP contribution in [0.25, 0.3) is 11.1 Å². The van der Waals surface area contributed by atoms with Crippen LogP contribution in [0.1, 0.15) is 43.9 Å². The van der Waals surface area contributed by atoms with Crippen molar-refractivity contribution in [1.82, 2.24) is 9.55 Å². The number of nitrogens with zero attached hydrogens (tertiary/aromatic N) is 2. The molecule has 132 valence electrons. The maximum absolute atomic E-state index is 11.1. The Morgan fingerprint density at radius 1 is 1.28 bits per heavy atom. The first-order valence-electron chi connectivity index (χ1n) is 7.75. The molecule has 1 heterocycles. The maximum atomic E-state index is 11.1. The Labute approximate surface area is 145 Å². The smallest absolute Gasteiger partial charge is 0.304 e. The van der Waals surface area contributed by atoms with Crippen molar-refractivity contribution in [3.05, 3.63) is 36.2 Å². The van der Waals surface area contributed by atoms with Crippen LogP contribution in [-0.2, 0) is 14.3 Å². The number of carbonyl (C=O) groups excluding carboxylic acids is 3. The second-order valence-electron chi connectivity index (χ2n) is 5.46.